The summed E-state index contributed by atoms with van der Waals surface area (Å²) in [5, 5.41) is 14.2. The van der Waals surface area contributed by atoms with Crippen molar-refractivity contribution in [3.05, 3.63) is 70.3 Å². The molecular weight excluding hydrogens is 530 g/mol. The molecule has 2 aromatic rings. The number of ether oxygens (including phenoxy) is 1. The van der Waals surface area contributed by atoms with Crippen molar-refractivity contribution < 1.29 is 24.2 Å². The molecule has 1 saturated heterocycles. The van der Waals surface area contributed by atoms with Crippen LogP contribution in [-0.2, 0) is 20.8 Å². The van der Waals surface area contributed by atoms with Crippen LogP contribution in [-0.4, -0.2) is 66.0 Å². The Morgan fingerprint density at radius 2 is 1.88 bits per heavy atom. The summed E-state index contributed by atoms with van der Waals surface area (Å²) in [5.74, 6) is -1.46. The molecule has 8 nitrogen and oxygen atoms in total. The van der Waals surface area contributed by atoms with Gasteiger partial charge in [-0.2, -0.15) is 0 Å². The van der Waals surface area contributed by atoms with Crippen LogP contribution in [0.5, 0.6) is 5.75 Å². The van der Waals surface area contributed by atoms with Gasteiger partial charge in [-0.05, 0) is 73.9 Å². The molecule has 0 aromatic heterocycles. The molecule has 4 N–H and O–H groups in total. The van der Waals surface area contributed by atoms with Gasteiger partial charge in [-0.3, -0.25) is 9.59 Å². The topological polar surface area (TPSA) is 122 Å². The van der Waals surface area contributed by atoms with E-state index < -0.39 is 17.9 Å². The number of aryl methyl sites for hydroxylation is 1. The fourth-order valence-corrected chi connectivity index (χ4v) is 5.79. The van der Waals surface area contributed by atoms with Crippen molar-refractivity contribution in [1.29, 1.82) is 0 Å². The molecule has 4 rings (SSSR count). The third-order valence-corrected chi connectivity index (χ3v) is 8.09. The van der Waals surface area contributed by atoms with Crippen LogP contribution in [0.2, 0.25) is 5.02 Å². The lowest BCUT2D eigenvalue weighted by atomic mass is 9.82. The molecule has 2 aliphatic rings. The van der Waals surface area contributed by atoms with E-state index in [1.54, 1.807) is 11.0 Å². The molecule has 2 aliphatic heterocycles. The fraction of sp³-hybridized carbons (Fsp3) is 0.452. The first-order chi connectivity index (χ1) is 19.2. The van der Waals surface area contributed by atoms with Gasteiger partial charge in [-0.1, -0.05) is 54.9 Å². The van der Waals surface area contributed by atoms with Crippen molar-refractivity contribution in [2.45, 2.75) is 51.6 Å². The van der Waals surface area contributed by atoms with E-state index in [0.29, 0.717) is 43.3 Å². The van der Waals surface area contributed by atoms with Gasteiger partial charge in [0, 0.05) is 19.1 Å². The van der Waals surface area contributed by atoms with Crippen LogP contribution in [0, 0.1) is 11.8 Å². The highest BCUT2D eigenvalue weighted by Gasteiger charge is 2.41. The Kier molecular flexibility index (Phi) is 10.0. The van der Waals surface area contributed by atoms with E-state index >= 15 is 0 Å². The maximum absolute atomic E-state index is 13.4. The predicted octanol–water partition coefficient (Wildman–Crippen LogP) is 3.95. The third kappa shape index (κ3) is 7.11. The van der Waals surface area contributed by atoms with Crippen molar-refractivity contribution in [3.8, 4) is 5.75 Å². The van der Waals surface area contributed by atoms with Crippen LogP contribution in [0.4, 0.5) is 0 Å². The zero-order valence-electron chi connectivity index (χ0n) is 23.1. The minimum atomic E-state index is -0.999. The molecule has 1 fully saturated rings. The Labute approximate surface area is 240 Å². The summed E-state index contributed by atoms with van der Waals surface area (Å²) < 4.78 is 5.77. The molecule has 2 bridgehead atoms. The molecule has 0 spiro atoms. The number of carbonyl (C=O) groups excluding carboxylic acids is 2. The average molecular weight is 568 g/mol. The number of para-hydroxylation sites is 1. The average Bonchev–Trinajstić information content (AvgIpc) is 2.93. The summed E-state index contributed by atoms with van der Waals surface area (Å²) in [4.78, 5) is 39.7. The molecule has 0 radical (unpaired) electrons. The number of carboxylic acid groups (broad SMARTS) is 1. The number of rotatable bonds is 12. The number of aliphatic carboxylic acids is 1. The Hall–Kier alpha value is -3.20. The maximum Gasteiger partial charge on any atom is 0.333 e. The summed E-state index contributed by atoms with van der Waals surface area (Å²) in [7, 11) is 0. The Morgan fingerprint density at radius 3 is 2.52 bits per heavy atom. The van der Waals surface area contributed by atoms with Gasteiger partial charge in [0.1, 0.15) is 11.5 Å². The molecule has 2 heterocycles. The third-order valence-electron chi connectivity index (χ3n) is 7.78. The molecule has 40 heavy (non-hydrogen) atoms. The number of benzene rings is 2. The first kappa shape index (κ1) is 29.8. The summed E-state index contributed by atoms with van der Waals surface area (Å²) in [6.07, 6.45) is 2.52. The largest absolute Gasteiger partial charge is 0.492 e. The lowest BCUT2D eigenvalue weighted by Gasteiger charge is -2.44. The molecule has 0 saturated carbocycles. The van der Waals surface area contributed by atoms with Crippen LogP contribution in [0.25, 0.3) is 5.57 Å². The second-order valence-corrected chi connectivity index (χ2v) is 11.3. The lowest BCUT2D eigenvalue weighted by molar-refractivity contribution is -0.143. The molecule has 0 aliphatic carbocycles. The number of carbonyl (C=O) groups is 3. The fourth-order valence-electron chi connectivity index (χ4n) is 5.60. The number of nitrogens with one attached hydrogen (secondary N) is 1. The number of ketones is 1. The van der Waals surface area contributed by atoms with Gasteiger partial charge in [-0.15, -0.1) is 0 Å². The smallest absolute Gasteiger partial charge is 0.333 e. The molecule has 1 amide bonds. The molecule has 9 heteroatoms. The normalized spacial score (nSPS) is 20.1. The number of nitrogens with two attached hydrogens (primary N) is 1. The molecule has 1 unspecified atom stereocenters. The van der Waals surface area contributed by atoms with Gasteiger partial charge in [0.05, 0.1) is 29.2 Å². The highest BCUT2D eigenvalue weighted by Crippen LogP contribution is 2.34. The first-order valence-corrected chi connectivity index (χ1v) is 14.2. The highest BCUT2D eigenvalue weighted by molar-refractivity contribution is 6.32. The Bertz CT molecular complexity index is 1260. The van der Waals surface area contributed by atoms with Gasteiger partial charge in [0.25, 0.3) is 0 Å². The molecule has 214 valence electrons. The van der Waals surface area contributed by atoms with E-state index in [0.717, 1.165) is 29.5 Å². The summed E-state index contributed by atoms with van der Waals surface area (Å²) in [5.41, 5.74) is 8.82. The molecule has 2 aromatic carbocycles. The number of amides is 1. The molecule has 4 atom stereocenters. The number of hydrogen-bond acceptors (Lipinski definition) is 6. The zero-order chi connectivity index (χ0) is 28.8. The standard InChI is InChI=1S/C31H38ClN3O5/c1-19(16-33)14-24(20(2)36)30(37)35-17-23-15-25(29(31(38)39)27(18-35)34-23)22-11-9-21(10-12-22)6-5-13-40-28-8-4-3-7-26(28)32/h3-4,7-12,19,23-24,27,34H,5-6,13-18,33H2,1-2H3,(H,38,39)/t19-,23-,24?,27-/m0/s1. The number of nitrogens with zero attached hydrogens (tertiary/aromatic N) is 1. The van der Waals surface area contributed by atoms with Gasteiger partial charge in [0.15, 0.2) is 0 Å². The number of piperazine rings is 1. The monoisotopic (exact) mass is 567 g/mol. The van der Waals surface area contributed by atoms with Crippen molar-refractivity contribution in [2.24, 2.45) is 17.6 Å². The molecular formula is C31H38ClN3O5. The summed E-state index contributed by atoms with van der Waals surface area (Å²) in [6.45, 7) is 4.94. The van der Waals surface area contributed by atoms with Crippen LogP contribution in [0.15, 0.2) is 54.1 Å². The Morgan fingerprint density at radius 1 is 1.15 bits per heavy atom. The van der Waals surface area contributed by atoms with Crippen molar-refractivity contribution in [3.63, 3.8) is 0 Å². The predicted molar refractivity (Wildman–Crippen MR) is 155 cm³/mol. The quantitative estimate of drug-likeness (QED) is 0.262. The lowest BCUT2D eigenvalue weighted by Crippen LogP contribution is -2.62. The van der Waals surface area contributed by atoms with E-state index in [9.17, 15) is 19.5 Å². The SMILES string of the molecule is CC(=O)C(C[C@H](C)CN)C(=O)N1C[C@@H]2CC(c3ccc(CCCOc4ccccc4Cl)cc3)=C(C(=O)O)[C@H](C1)N2. The van der Waals surface area contributed by atoms with Crippen molar-refractivity contribution in [2.75, 3.05) is 26.2 Å². The van der Waals surface area contributed by atoms with Gasteiger partial charge in [-0.25, -0.2) is 4.79 Å². The second-order valence-electron chi connectivity index (χ2n) is 10.9. The van der Waals surface area contributed by atoms with Crippen LogP contribution in [0.1, 0.15) is 44.2 Å². The Balaban J connectivity index is 1.43. The van der Waals surface area contributed by atoms with Crippen molar-refractivity contribution in [1.82, 2.24) is 10.2 Å². The minimum absolute atomic E-state index is 0.0409. The van der Waals surface area contributed by atoms with E-state index in [1.165, 1.54) is 6.92 Å². The zero-order valence-corrected chi connectivity index (χ0v) is 23.8. The minimum Gasteiger partial charge on any atom is -0.492 e. The van der Waals surface area contributed by atoms with Crippen LogP contribution >= 0.6 is 11.6 Å². The van der Waals surface area contributed by atoms with Gasteiger partial charge in [0.2, 0.25) is 5.91 Å². The first-order valence-electron chi connectivity index (χ1n) is 13.9. The second kappa shape index (κ2) is 13.4. The number of Topliss-reactive ketones (excluding diaryl/α,β-unsaturated/α-hetero) is 1. The number of halogens is 1. The highest BCUT2D eigenvalue weighted by atomic mass is 35.5. The van der Waals surface area contributed by atoms with Crippen LogP contribution < -0.4 is 15.8 Å². The summed E-state index contributed by atoms with van der Waals surface area (Å²) >= 11 is 6.14. The maximum atomic E-state index is 13.4. The van der Waals surface area contributed by atoms with E-state index in [1.807, 2.05) is 49.4 Å². The van der Waals surface area contributed by atoms with E-state index in [-0.39, 0.29) is 35.8 Å². The van der Waals surface area contributed by atoms with Gasteiger partial charge < -0.3 is 25.8 Å². The number of carboxylic acids is 1. The van der Waals surface area contributed by atoms with E-state index in [2.05, 4.69) is 5.32 Å². The van der Waals surface area contributed by atoms with Crippen molar-refractivity contribution >= 4 is 34.8 Å². The number of hydrogen-bond donors (Lipinski definition) is 3. The van der Waals surface area contributed by atoms with Crippen LogP contribution in [0.3, 0.4) is 0 Å². The number of fused-ring (bicyclic) bond motifs is 2. The summed E-state index contributed by atoms with van der Waals surface area (Å²) in [6, 6.07) is 14.8. The van der Waals surface area contributed by atoms with E-state index in [4.69, 9.17) is 22.1 Å². The van der Waals surface area contributed by atoms with Gasteiger partial charge >= 0.3 is 5.97 Å².